The molecule has 8 aromatic rings. The van der Waals surface area contributed by atoms with Gasteiger partial charge in [0.15, 0.2) is 0 Å². The Labute approximate surface area is 303 Å². The Bertz CT molecular complexity index is 2780. The lowest BCUT2D eigenvalue weighted by Gasteiger charge is -2.29. The van der Waals surface area contributed by atoms with Gasteiger partial charge in [-0.2, -0.15) is 5.26 Å². The summed E-state index contributed by atoms with van der Waals surface area (Å²) in [6.45, 7) is 0. The van der Waals surface area contributed by atoms with Crippen molar-refractivity contribution in [1.29, 1.82) is 5.26 Å². The molecular weight excluding hydrogens is 631 g/mol. The van der Waals surface area contributed by atoms with Gasteiger partial charge in [0.05, 0.1) is 28.7 Å². The fraction of sp³-hybridized carbons (Fsp3) is 0.0408. The number of anilines is 2. The van der Waals surface area contributed by atoms with E-state index in [1.165, 1.54) is 66.7 Å². The molecule has 3 nitrogen and oxygen atoms in total. The number of hydrogen-bond acceptors (Lipinski definition) is 2. The molecule has 0 fully saturated rings. The van der Waals surface area contributed by atoms with Gasteiger partial charge in [0.2, 0.25) is 0 Å². The summed E-state index contributed by atoms with van der Waals surface area (Å²) in [4.78, 5) is 2.51. The molecule has 1 aromatic heterocycles. The molecule has 2 aliphatic rings. The zero-order valence-corrected chi connectivity index (χ0v) is 28.4. The van der Waals surface area contributed by atoms with Crippen LogP contribution in [0.5, 0.6) is 0 Å². The van der Waals surface area contributed by atoms with Gasteiger partial charge in [0.1, 0.15) is 0 Å². The third kappa shape index (κ3) is 4.88. The van der Waals surface area contributed by atoms with E-state index in [0.29, 0.717) is 5.56 Å². The fourth-order valence-corrected chi connectivity index (χ4v) is 8.27. The molecule has 0 amide bonds. The molecule has 3 heteroatoms. The second-order valence-corrected chi connectivity index (χ2v) is 13.6. The topological polar surface area (TPSA) is 32.0 Å². The highest BCUT2D eigenvalue weighted by molar-refractivity contribution is 6.10. The first kappa shape index (κ1) is 30.0. The lowest BCUT2D eigenvalue weighted by atomic mass is 9.89. The number of benzene rings is 7. The van der Waals surface area contributed by atoms with Crippen LogP contribution in [0.4, 0.5) is 11.4 Å². The SMILES string of the molecule is N#Cc1cccc(-c2cccc(-c3ccc(N4c5ccccc5C5=CC(c6ccc7c(c6)c6ccccc6n7-c6ccccc6)=CCC54)cc3)c2)c1. The number of hydrogen-bond donors (Lipinski definition) is 0. The third-order valence-corrected chi connectivity index (χ3v) is 10.7. The molecule has 1 atom stereocenters. The predicted molar refractivity (Wildman–Crippen MR) is 216 cm³/mol. The summed E-state index contributed by atoms with van der Waals surface area (Å²) in [5.41, 5.74) is 16.4. The molecule has 0 saturated heterocycles. The number of nitrogens with zero attached hydrogens (tertiary/aromatic N) is 3. The van der Waals surface area contributed by atoms with Gasteiger partial charge in [0, 0.05) is 33.4 Å². The van der Waals surface area contributed by atoms with Crippen LogP contribution in [-0.4, -0.2) is 10.6 Å². The Kier molecular flexibility index (Phi) is 7.01. The Hall–Kier alpha value is -6.89. The van der Waals surface area contributed by atoms with Gasteiger partial charge in [-0.1, -0.05) is 109 Å². The van der Waals surface area contributed by atoms with E-state index in [2.05, 4.69) is 179 Å². The van der Waals surface area contributed by atoms with Crippen LogP contribution in [0.3, 0.4) is 0 Å². The predicted octanol–water partition coefficient (Wildman–Crippen LogP) is 12.4. The molecule has 0 saturated carbocycles. The summed E-state index contributed by atoms with van der Waals surface area (Å²) in [5, 5.41) is 11.9. The maximum Gasteiger partial charge on any atom is 0.0991 e. The van der Waals surface area contributed by atoms with Crippen LogP contribution in [0.1, 0.15) is 23.1 Å². The zero-order chi connectivity index (χ0) is 34.6. The molecule has 0 bridgehead atoms. The summed E-state index contributed by atoms with van der Waals surface area (Å²) in [5.74, 6) is 0. The molecule has 1 aliphatic carbocycles. The van der Waals surface area contributed by atoms with Crippen molar-refractivity contribution in [1.82, 2.24) is 4.57 Å². The fourth-order valence-electron chi connectivity index (χ4n) is 8.27. The van der Waals surface area contributed by atoms with Crippen molar-refractivity contribution >= 4 is 44.3 Å². The minimum absolute atomic E-state index is 0.228. The maximum absolute atomic E-state index is 9.40. The van der Waals surface area contributed by atoms with Crippen LogP contribution in [0.25, 0.3) is 60.9 Å². The Morgan fingerprint density at radius 3 is 2.06 bits per heavy atom. The van der Waals surface area contributed by atoms with Crippen LogP contribution >= 0.6 is 0 Å². The molecule has 2 heterocycles. The number of nitriles is 1. The highest BCUT2D eigenvalue weighted by atomic mass is 15.2. The largest absolute Gasteiger partial charge is 0.333 e. The first-order valence-electron chi connectivity index (χ1n) is 17.8. The van der Waals surface area contributed by atoms with Crippen LogP contribution < -0.4 is 4.90 Å². The van der Waals surface area contributed by atoms with Gasteiger partial charge in [-0.3, -0.25) is 0 Å². The first-order chi connectivity index (χ1) is 25.7. The summed E-state index contributed by atoms with van der Waals surface area (Å²) < 4.78 is 2.37. The lowest BCUT2D eigenvalue weighted by molar-refractivity contribution is 0.831. The lowest BCUT2D eigenvalue weighted by Crippen LogP contribution is -2.27. The molecular formula is C49H33N3. The number of allylic oxidation sites excluding steroid dienone is 2. The van der Waals surface area contributed by atoms with E-state index >= 15 is 0 Å². The van der Waals surface area contributed by atoms with E-state index in [0.717, 1.165) is 23.1 Å². The highest BCUT2D eigenvalue weighted by Gasteiger charge is 2.35. The molecule has 10 rings (SSSR count). The van der Waals surface area contributed by atoms with E-state index in [-0.39, 0.29) is 6.04 Å². The van der Waals surface area contributed by atoms with Crippen molar-refractivity contribution in [3.63, 3.8) is 0 Å². The minimum atomic E-state index is 0.228. The Balaban J connectivity index is 0.985. The summed E-state index contributed by atoms with van der Waals surface area (Å²) >= 11 is 0. The highest BCUT2D eigenvalue weighted by Crippen LogP contribution is 2.49. The smallest absolute Gasteiger partial charge is 0.0991 e. The molecule has 7 aromatic carbocycles. The minimum Gasteiger partial charge on any atom is -0.333 e. The Morgan fingerprint density at radius 1 is 0.519 bits per heavy atom. The standard InChI is InChI=1S/C49H33N3/c50-32-33-10-8-11-35(28-33)37-13-9-12-36(29-37)34-20-24-41(25-21-34)52-47-19-7-5-17-43(47)45-31-39(23-27-49(45)52)38-22-26-48-44(30-38)42-16-4-6-18-46(42)51(48)40-14-2-1-3-15-40/h1-26,28-31,49H,27H2. The zero-order valence-electron chi connectivity index (χ0n) is 28.4. The van der Waals surface area contributed by atoms with Crippen molar-refractivity contribution < 1.29 is 0 Å². The van der Waals surface area contributed by atoms with Crippen molar-refractivity contribution in [2.75, 3.05) is 4.90 Å². The molecule has 52 heavy (non-hydrogen) atoms. The van der Waals surface area contributed by atoms with Gasteiger partial charge < -0.3 is 9.47 Å². The van der Waals surface area contributed by atoms with Crippen LogP contribution in [0, 0.1) is 11.3 Å². The van der Waals surface area contributed by atoms with E-state index in [4.69, 9.17) is 0 Å². The third-order valence-electron chi connectivity index (χ3n) is 10.7. The van der Waals surface area contributed by atoms with Crippen molar-refractivity contribution in [3.05, 3.63) is 199 Å². The van der Waals surface area contributed by atoms with Gasteiger partial charge in [-0.25, -0.2) is 0 Å². The van der Waals surface area contributed by atoms with Crippen molar-refractivity contribution in [2.45, 2.75) is 12.5 Å². The quantitative estimate of drug-likeness (QED) is 0.184. The van der Waals surface area contributed by atoms with E-state index in [9.17, 15) is 5.26 Å². The van der Waals surface area contributed by atoms with Gasteiger partial charge in [-0.05, 0) is 118 Å². The van der Waals surface area contributed by atoms with Crippen molar-refractivity contribution in [3.8, 4) is 34.0 Å². The van der Waals surface area contributed by atoms with E-state index in [1.807, 2.05) is 18.2 Å². The van der Waals surface area contributed by atoms with Crippen LogP contribution in [-0.2, 0) is 0 Å². The second-order valence-electron chi connectivity index (χ2n) is 13.6. The van der Waals surface area contributed by atoms with E-state index in [1.54, 1.807) is 0 Å². The summed E-state index contributed by atoms with van der Waals surface area (Å²) in [6, 6.07) is 63.0. The number of fused-ring (bicyclic) bond motifs is 6. The van der Waals surface area contributed by atoms with Gasteiger partial charge >= 0.3 is 0 Å². The summed E-state index contributed by atoms with van der Waals surface area (Å²) in [7, 11) is 0. The molecule has 1 unspecified atom stereocenters. The number of para-hydroxylation sites is 3. The van der Waals surface area contributed by atoms with Gasteiger partial charge in [-0.15, -0.1) is 0 Å². The second kappa shape index (κ2) is 12.2. The Morgan fingerprint density at radius 2 is 1.21 bits per heavy atom. The van der Waals surface area contributed by atoms with Crippen LogP contribution in [0.2, 0.25) is 0 Å². The molecule has 1 aliphatic heterocycles. The average molecular weight is 664 g/mol. The van der Waals surface area contributed by atoms with E-state index < -0.39 is 0 Å². The normalized spacial score (nSPS) is 14.8. The molecule has 0 radical (unpaired) electrons. The first-order valence-corrected chi connectivity index (χ1v) is 17.8. The van der Waals surface area contributed by atoms with Gasteiger partial charge in [0.25, 0.3) is 0 Å². The number of rotatable bonds is 5. The molecule has 0 N–H and O–H groups in total. The van der Waals surface area contributed by atoms with Crippen molar-refractivity contribution in [2.24, 2.45) is 0 Å². The maximum atomic E-state index is 9.40. The van der Waals surface area contributed by atoms with Crippen LogP contribution in [0.15, 0.2) is 182 Å². The molecule has 0 spiro atoms. The average Bonchev–Trinajstić information content (AvgIpc) is 3.73. The monoisotopic (exact) mass is 663 g/mol. The summed E-state index contributed by atoms with van der Waals surface area (Å²) in [6.07, 6.45) is 5.77. The number of aromatic nitrogens is 1. The molecule has 244 valence electrons.